The Bertz CT molecular complexity index is 427. The topological polar surface area (TPSA) is 42.7 Å². The van der Waals surface area contributed by atoms with E-state index in [4.69, 9.17) is 0 Å². The molecule has 16 heavy (non-hydrogen) atoms. The van der Waals surface area contributed by atoms with Gasteiger partial charge in [-0.05, 0) is 12.1 Å². The van der Waals surface area contributed by atoms with Crippen molar-refractivity contribution in [2.24, 2.45) is 7.05 Å². The summed E-state index contributed by atoms with van der Waals surface area (Å²) in [6.07, 6.45) is 1.58. The summed E-state index contributed by atoms with van der Waals surface area (Å²) >= 11 is 1.70. The Hall–Kier alpha value is -1.49. The Balaban J connectivity index is 1.72. The van der Waals surface area contributed by atoms with E-state index in [0.29, 0.717) is 0 Å². The van der Waals surface area contributed by atoms with Gasteiger partial charge in [0.15, 0.2) is 5.16 Å². The lowest BCUT2D eigenvalue weighted by Gasteiger charge is -2.05. The molecule has 0 amide bonds. The van der Waals surface area contributed by atoms with Gasteiger partial charge in [-0.3, -0.25) is 0 Å². The molecule has 0 fully saturated rings. The van der Waals surface area contributed by atoms with E-state index in [1.165, 1.54) is 0 Å². The highest BCUT2D eigenvalue weighted by Gasteiger charge is 1.99. The van der Waals surface area contributed by atoms with E-state index >= 15 is 0 Å². The standard InChI is InChI=1S/C11H14N4S/c1-15-11(13-9-14-15)16-8-7-12-10-5-3-2-4-6-10/h2-6,9,12H,7-8H2,1H3. The zero-order valence-electron chi connectivity index (χ0n) is 9.13. The normalized spacial score (nSPS) is 10.3. The molecule has 0 unspecified atom stereocenters. The second-order valence-corrected chi connectivity index (χ2v) is 4.37. The van der Waals surface area contributed by atoms with Gasteiger partial charge in [0.05, 0.1) is 0 Å². The minimum absolute atomic E-state index is 0.918. The average Bonchev–Trinajstić information content (AvgIpc) is 2.72. The summed E-state index contributed by atoms with van der Waals surface area (Å²) in [7, 11) is 1.90. The highest BCUT2D eigenvalue weighted by atomic mass is 32.2. The van der Waals surface area contributed by atoms with Crippen LogP contribution in [0.25, 0.3) is 0 Å². The number of benzene rings is 1. The molecular weight excluding hydrogens is 220 g/mol. The summed E-state index contributed by atoms with van der Waals surface area (Å²) in [5, 5.41) is 8.32. The molecule has 0 atom stereocenters. The van der Waals surface area contributed by atoms with Crippen molar-refractivity contribution in [1.82, 2.24) is 14.8 Å². The molecule has 5 heteroatoms. The van der Waals surface area contributed by atoms with E-state index in [0.717, 1.165) is 23.1 Å². The SMILES string of the molecule is Cn1ncnc1SCCNc1ccccc1. The fourth-order valence-electron chi connectivity index (χ4n) is 1.31. The monoisotopic (exact) mass is 234 g/mol. The number of nitrogens with zero attached hydrogens (tertiary/aromatic N) is 3. The Morgan fingerprint density at radius 1 is 1.31 bits per heavy atom. The molecule has 1 N–H and O–H groups in total. The van der Waals surface area contributed by atoms with Crippen LogP contribution < -0.4 is 5.32 Å². The van der Waals surface area contributed by atoms with E-state index in [1.807, 2.05) is 25.2 Å². The highest BCUT2D eigenvalue weighted by molar-refractivity contribution is 7.99. The number of rotatable bonds is 5. The number of hydrogen-bond donors (Lipinski definition) is 1. The molecule has 0 radical (unpaired) electrons. The van der Waals surface area contributed by atoms with Crippen molar-refractivity contribution < 1.29 is 0 Å². The number of nitrogens with one attached hydrogen (secondary N) is 1. The molecule has 0 spiro atoms. The van der Waals surface area contributed by atoms with Gasteiger partial charge in [-0.1, -0.05) is 30.0 Å². The van der Waals surface area contributed by atoms with Gasteiger partial charge in [-0.15, -0.1) is 0 Å². The fraction of sp³-hybridized carbons (Fsp3) is 0.273. The average molecular weight is 234 g/mol. The number of hydrogen-bond acceptors (Lipinski definition) is 4. The quantitative estimate of drug-likeness (QED) is 0.635. The predicted molar refractivity (Wildman–Crippen MR) is 66.7 cm³/mol. The summed E-state index contributed by atoms with van der Waals surface area (Å²) < 4.78 is 1.78. The van der Waals surface area contributed by atoms with Crippen molar-refractivity contribution in [3.05, 3.63) is 36.7 Å². The van der Waals surface area contributed by atoms with Gasteiger partial charge in [0.25, 0.3) is 0 Å². The Kier molecular flexibility index (Phi) is 3.82. The van der Waals surface area contributed by atoms with Crippen LogP contribution in [0.15, 0.2) is 41.8 Å². The largest absolute Gasteiger partial charge is 0.384 e. The summed E-state index contributed by atoms with van der Waals surface area (Å²) in [6, 6.07) is 10.2. The summed E-state index contributed by atoms with van der Waals surface area (Å²) in [5.74, 6) is 0.974. The first-order valence-electron chi connectivity index (χ1n) is 5.12. The first kappa shape index (κ1) is 11.0. The van der Waals surface area contributed by atoms with Crippen molar-refractivity contribution in [3.63, 3.8) is 0 Å². The third-order valence-electron chi connectivity index (χ3n) is 2.11. The van der Waals surface area contributed by atoms with Gasteiger partial charge < -0.3 is 5.32 Å². The van der Waals surface area contributed by atoms with E-state index < -0.39 is 0 Å². The van der Waals surface area contributed by atoms with Crippen LogP contribution in [0.1, 0.15) is 0 Å². The van der Waals surface area contributed by atoms with E-state index in [2.05, 4.69) is 27.5 Å². The molecule has 1 heterocycles. The second-order valence-electron chi connectivity index (χ2n) is 3.31. The third kappa shape index (κ3) is 3.00. The first-order valence-corrected chi connectivity index (χ1v) is 6.10. The maximum atomic E-state index is 4.15. The van der Waals surface area contributed by atoms with Crippen LogP contribution >= 0.6 is 11.8 Å². The van der Waals surface area contributed by atoms with Crippen molar-refractivity contribution in [1.29, 1.82) is 0 Å². The number of thioether (sulfide) groups is 1. The van der Waals surface area contributed by atoms with Crippen molar-refractivity contribution in [3.8, 4) is 0 Å². The lowest BCUT2D eigenvalue weighted by Crippen LogP contribution is -2.04. The van der Waals surface area contributed by atoms with Crippen LogP contribution in [-0.4, -0.2) is 27.1 Å². The van der Waals surface area contributed by atoms with Crippen molar-refractivity contribution in [2.45, 2.75) is 5.16 Å². The van der Waals surface area contributed by atoms with Crippen molar-refractivity contribution >= 4 is 17.4 Å². The molecule has 0 aliphatic heterocycles. The van der Waals surface area contributed by atoms with Gasteiger partial charge in [-0.25, -0.2) is 9.67 Å². The molecule has 0 aliphatic rings. The molecule has 1 aromatic carbocycles. The van der Waals surface area contributed by atoms with Gasteiger partial charge in [0.2, 0.25) is 0 Å². The van der Waals surface area contributed by atoms with Gasteiger partial charge >= 0.3 is 0 Å². The van der Waals surface area contributed by atoms with Crippen LogP contribution in [0.2, 0.25) is 0 Å². The molecular formula is C11H14N4S. The minimum atomic E-state index is 0.918. The minimum Gasteiger partial charge on any atom is -0.384 e. The maximum absolute atomic E-state index is 4.15. The molecule has 1 aromatic heterocycles. The summed E-state index contributed by atoms with van der Waals surface area (Å²) in [5.41, 5.74) is 1.15. The molecule has 0 saturated heterocycles. The molecule has 4 nitrogen and oxygen atoms in total. The summed E-state index contributed by atoms with van der Waals surface area (Å²) in [6.45, 7) is 0.918. The Morgan fingerprint density at radius 2 is 2.12 bits per heavy atom. The van der Waals surface area contributed by atoms with Crippen molar-refractivity contribution in [2.75, 3.05) is 17.6 Å². The van der Waals surface area contributed by atoms with Crippen LogP contribution in [-0.2, 0) is 7.05 Å². The van der Waals surface area contributed by atoms with Gasteiger partial charge in [0, 0.05) is 25.0 Å². The smallest absolute Gasteiger partial charge is 0.185 e. The first-order chi connectivity index (χ1) is 7.86. The maximum Gasteiger partial charge on any atom is 0.185 e. The highest BCUT2D eigenvalue weighted by Crippen LogP contribution is 2.13. The van der Waals surface area contributed by atoms with Crippen LogP contribution in [0.3, 0.4) is 0 Å². The van der Waals surface area contributed by atoms with Crippen LogP contribution in [0.5, 0.6) is 0 Å². The molecule has 0 saturated carbocycles. The van der Waals surface area contributed by atoms with E-state index in [-0.39, 0.29) is 0 Å². The number of para-hydroxylation sites is 1. The molecule has 84 valence electrons. The lowest BCUT2D eigenvalue weighted by molar-refractivity contribution is 0.685. The lowest BCUT2D eigenvalue weighted by atomic mass is 10.3. The fourth-order valence-corrected chi connectivity index (χ4v) is 2.05. The van der Waals surface area contributed by atoms with Crippen LogP contribution in [0.4, 0.5) is 5.69 Å². The zero-order valence-corrected chi connectivity index (χ0v) is 9.94. The second kappa shape index (κ2) is 5.55. The molecule has 2 rings (SSSR count). The number of aromatic nitrogens is 3. The zero-order chi connectivity index (χ0) is 11.2. The number of anilines is 1. The number of aryl methyl sites for hydroxylation is 1. The van der Waals surface area contributed by atoms with Crippen LogP contribution in [0, 0.1) is 0 Å². The van der Waals surface area contributed by atoms with E-state index in [1.54, 1.807) is 22.8 Å². The molecule has 0 bridgehead atoms. The summed E-state index contributed by atoms with van der Waals surface area (Å²) in [4.78, 5) is 4.15. The molecule has 0 aliphatic carbocycles. The van der Waals surface area contributed by atoms with Gasteiger partial charge in [0.1, 0.15) is 6.33 Å². The Morgan fingerprint density at radius 3 is 2.81 bits per heavy atom. The van der Waals surface area contributed by atoms with E-state index in [9.17, 15) is 0 Å². The van der Waals surface area contributed by atoms with Gasteiger partial charge in [-0.2, -0.15) is 5.10 Å². The Labute approximate surface area is 99.1 Å². The predicted octanol–water partition coefficient (Wildman–Crippen LogP) is 2.02. The molecule has 2 aromatic rings. The third-order valence-corrected chi connectivity index (χ3v) is 3.14.